The van der Waals surface area contributed by atoms with E-state index >= 15 is 0 Å². The van der Waals surface area contributed by atoms with Crippen molar-refractivity contribution >= 4 is 46.2 Å². The minimum atomic E-state index is -0.618. The maximum absolute atomic E-state index is 12.4. The van der Waals surface area contributed by atoms with Crippen LogP contribution in [0, 0.1) is 0 Å². The predicted octanol–water partition coefficient (Wildman–Crippen LogP) is 2.33. The summed E-state index contributed by atoms with van der Waals surface area (Å²) in [6, 6.07) is 9.62. The summed E-state index contributed by atoms with van der Waals surface area (Å²) in [7, 11) is 0. The lowest BCUT2D eigenvalue weighted by atomic mass is 10.2. The Kier molecular flexibility index (Phi) is 4.59. The van der Waals surface area contributed by atoms with Crippen molar-refractivity contribution in [1.82, 2.24) is 15.4 Å². The molecule has 0 radical (unpaired) electrons. The number of thiocarbonyl (C=S) groups is 1. The third kappa shape index (κ3) is 3.29. The SMILES string of the molecule is O=C(NN1C(=O)/C(=C/c2cccnc2)SC1=S)c1ccccc1O. The van der Waals surface area contributed by atoms with Gasteiger partial charge >= 0.3 is 0 Å². The maximum Gasteiger partial charge on any atom is 0.285 e. The van der Waals surface area contributed by atoms with Gasteiger partial charge in [0.1, 0.15) is 5.75 Å². The van der Waals surface area contributed by atoms with Crippen LogP contribution in [0.4, 0.5) is 0 Å². The summed E-state index contributed by atoms with van der Waals surface area (Å²) < 4.78 is 0.207. The molecule has 3 rings (SSSR count). The number of hydrogen-bond acceptors (Lipinski definition) is 6. The summed E-state index contributed by atoms with van der Waals surface area (Å²) in [5.74, 6) is -1.23. The molecule has 0 unspecified atom stereocenters. The van der Waals surface area contributed by atoms with Crippen LogP contribution in [0.3, 0.4) is 0 Å². The molecule has 1 aromatic carbocycles. The first kappa shape index (κ1) is 16.2. The molecule has 0 bridgehead atoms. The minimum Gasteiger partial charge on any atom is -0.507 e. The Morgan fingerprint density at radius 1 is 1.29 bits per heavy atom. The van der Waals surface area contributed by atoms with Gasteiger partial charge in [0.05, 0.1) is 10.5 Å². The summed E-state index contributed by atoms with van der Waals surface area (Å²) in [6.07, 6.45) is 4.90. The van der Waals surface area contributed by atoms with Crippen LogP contribution in [0.2, 0.25) is 0 Å². The van der Waals surface area contributed by atoms with Crippen molar-refractivity contribution in [2.24, 2.45) is 0 Å². The zero-order chi connectivity index (χ0) is 17.1. The topological polar surface area (TPSA) is 82.5 Å². The zero-order valence-electron chi connectivity index (χ0n) is 12.2. The van der Waals surface area contributed by atoms with Crippen molar-refractivity contribution in [1.29, 1.82) is 0 Å². The lowest BCUT2D eigenvalue weighted by Crippen LogP contribution is -2.44. The van der Waals surface area contributed by atoms with Gasteiger partial charge in [-0.15, -0.1) is 0 Å². The fourth-order valence-corrected chi connectivity index (χ4v) is 3.18. The first-order valence-electron chi connectivity index (χ1n) is 6.83. The normalized spacial score (nSPS) is 15.8. The van der Waals surface area contributed by atoms with Crippen LogP contribution in [0.25, 0.3) is 6.08 Å². The summed E-state index contributed by atoms with van der Waals surface area (Å²) >= 11 is 6.23. The number of phenolic OH excluding ortho intramolecular Hbond substituents is 1. The highest BCUT2D eigenvalue weighted by atomic mass is 32.2. The molecule has 8 heteroatoms. The van der Waals surface area contributed by atoms with Crippen molar-refractivity contribution in [2.75, 3.05) is 0 Å². The van der Waals surface area contributed by atoms with E-state index in [9.17, 15) is 14.7 Å². The van der Waals surface area contributed by atoms with E-state index in [1.54, 1.807) is 42.7 Å². The maximum atomic E-state index is 12.4. The van der Waals surface area contributed by atoms with Crippen molar-refractivity contribution in [3.63, 3.8) is 0 Å². The van der Waals surface area contributed by atoms with Crippen LogP contribution < -0.4 is 5.43 Å². The van der Waals surface area contributed by atoms with Crippen molar-refractivity contribution < 1.29 is 14.7 Å². The van der Waals surface area contributed by atoms with Gasteiger partial charge in [-0.05, 0) is 42.1 Å². The van der Waals surface area contributed by atoms with Crippen molar-refractivity contribution in [3.05, 3.63) is 64.8 Å². The van der Waals surface area contributed by atoms with E-state index in [2.05, 4.69) is 10.4 Å². The Morgan fingerprint density at radius 2 is 2.08 bits per heavy atom. The molecular formula is C16H11N3O3S2. The van der Waals surface area contributed by atoms with Gasteiger partial charge in [0.25, 0.3) is 11.8 Å². The van der Waals surface area contributed by atoms with E-state index < -0.39 is 11.8 Å². The van der Waals surface area contributed by atoms with Gasteiger partial charge in [-0.1, -0.05) is 30.0 Å². The van der Waals surface area contributed by atoms with Gasteiger partial charge in [0.15, 0.2) is 4.32 Å². The Hall–Kier alpha value is -2.71. The Morgan fingerprint density at radius 3 is 2.79 bits per heavy atom. The van der Waals surface area contributed by atoms with E-state index in [-0.39, 0.29) is 15.6 Å². The molecule has 24 heavy (non-hydrogen) atoms. The monoisotopic (exact) mass is 357 g/mol. The minimum absolute atomic E-state index is 0.0581. The highest BCUT2D eigenvalue weighted by molar-refractivity contribution is 8.26. The molecule has 1 aliphatic rings. The van der Waals surface area contributed by atoms with Crippen LogP contribution in [0.1, 0.15) is 15.9 Å². The number of aromatic hydroxyl groups is 1. The Labute approximate surface area is 147 Å². The van der Waals surface area contributed by atoms with Crippen LogP contribution in [-0.4, -0.2) is 31.2 Å². The molecule has 0 aliphatic carbocycles. The van der Waals surface area contributed by atoms with Gasteiger partial charge in [0.2, 0.25) is 0 Å². The number of benzene rings is 1. The number of hydrogen-bond donors (Lipinski definition) is 2. The van der Waals surface area contributed by atoms with E-state index in [4.69, 9.17) is 12.2 Å². The van der Waals surface area contributed by atoms with Crippen molar-refractivity contribution in [3.8, 4) is 5.75 Å². The van der Waals surface area contributed by atoms with Crippen molar-refractivity contribution in [2.45, 2.75) is 0 Å². The van der Waals surface area contributed by atoms with E-state index in [1.807, 2.05) is 0 Å². The van der Waals surface area contributed by atoms with Crippen LogP contribution in [0.5, 0.6) is 5.75 Å². The molecule has 1 fully saturated rings. The molecule has 120 valence electrons. The number of thioether (sulfide) groups is 1. The first-order chi connectivity index (χ1) is 11.6. The number of carbonyl (C=O) groups is 2. The van der Waals surface area contributed by atoms with Gasteiger partial charge in [-0.3, -0.25) is 20.0 Å². The second kappa shape index (κ2) is 6.81. The summed E-state index contributed by atoms with van der Waals surface area (Å²) in [4.78, 5) is 29.0. The molecule has 6 nitrogen and oxygen atoms in total. The average molecular weight is 357 g/mol. The lowest BCUT2D eigenvalue weighted by Gasteiger charge is -2.16. The number of para-hydroxylation sites is 1. The highest BCUT2D eigenvalue weighted by Crippen LogP contribution is 2.31. The second-order valence-electron chi connectivity index (χ2n) is 4.76. The summed E-state index contributed by atoms with van der Waals surface area (Å²) in [5, 5.41) is 10.7. The fraction of sp³-hybridized carbons (Fsp3) is 0. The quantitative estimate of drug-likeness (QED) is 0.648. The highest BCUT2D eigenvalue weighted by Gasteiger charge is 2.34. The third-order valence-electron chi connectivity index (χ3n) is 3.14. The second-order valence-corrected chi connectivity index (χ2v) is 6.44. The molecule has 2 amide bonds. The molecule has 0 atom stereocenters. The molecule has 2 aromatic rings. The number of nitrogens with one attached hydrogen (secondary N) is 1. The van der Waals surface area contributed by atoms with Crippen LogP contribution in [-0.2, 0) is 4.79 Å². The zero-order valence-corrected chi connectivity index (χ0v) is 13.8. The number of aromatic nitrogens is 1. The van der Waals surface area contributed by atoms with Gasteiger partial charge in [-0.25, -0.2) is 0 Å². The molecule has 0 spiro atoms. The van der Waals surface area contributed by atoms with E-state index in [1.165, 1.54) is 12.1 Å². The first-order valence-corrected chi connectivity index (χ1v) is 8.05. The van der Waals surface area contributed by atoms with Crippen LogP contribution >= 0.6 is 24.0 Å². The largest absolute Gasteiger partial charge is 0.507 e. The van der Waals surface area contributed by atoms with E-state index in [0.29, 0.717) is 4.91 Å². The van der Waals surface area contributed by atoms with Gasteiger partial charge in [0, 0.05) is 12.4 Å². The third-order valence-corrected chi connectivity index (χ3v) is 4.44. The number of nitrogens with zero attached hydrogens (tertiary/aromatic N) is 2. The fourth-order valence-electron chi connectivity index (χ4n) is 2.00. The number of phenols is 1. The smallest absolute Gasteiger partial charge is 0.285 e. The molecule has 2 heterocycles. The molecule has 1 aromatic heterocycles. The molecule has 2 N–H and O–H groups in total. The van der Waals surface area contributed by atoms with E-state index in [0.717, 1.165) is 22.3 Å². The van der Waals surface area contributed by atoms with Gasteiger partial charge < -0.3 is 5.11 Å². The predicted molar refractivity (Wildman–Crippen MR) is 94.8 cm³/mol. The summed E-state index contributed by atoms with van der Waals surface area (Å²) in [6.45, 7) is 0. The Balaban J connectivity index is 1.79. The van der Waals surface area contributed by atoms with Crippen LogP contribution in [0.15, 0.2) is 53.7 Å². The Bertz CT molecular complexity index is 853. The number of hydrazine groups is 1. The van der Waals surface area contributed by atoms with Gasteiger partial charge in [-0.2, -0.15) is 5.01 Å². The molecule has 1 saturated heterocycles. The summed E-state index contributed by atoms with van der Waals surface area (Å²) in [5.41, 5.74) is 3.23. The lowest BCUT2D eigenvalue weighted by molar-refractivity contribution is -0.123. The number of rotatable bonds is 3. The molecular weight excluding hydrogens is 346 g/mol. The average Bonchev–Trinajstić information content (AvgIpc) is 2.83. The number of amides is 2. The number of carbonyl (C=O) groups excluding carboxylic acids is 2. The standard InChI is InChI=1S/C16H11N3O3S2/c20-12-6-2-1-5-11(12)14(21)18-19-15(22)13(24-16(19)23)8-10-4-3-7-17-9-10/h1-9,20H,(H,18,21)/b13-8-. The molecule has 0 saturated carbocycles. The number of pyridine rings is 1. The molecule has 1 aliphatic heterocycles.